The van der Waals surface area contributed by atoms with Crippen LogP contribution < -0.4 is 4.90 Å². The molecule has 0 N–H and O–H groups in total. The van der Waals surface area contributed by atoms with Gasteiger partial charge in [-0.25, -0.2) is 0 Å². The number of aromatic nitrogens is 1. The van der Waals surface area contributed by atoms with Gasteiger partial charge in [-0.1, -0.05) is 109 Å². The van der Waals surface area contributed by atoms with Crippen molar-refractivity contribution in [2.75, 3.05) is 4.90 Å². The minimum absolute atomic E-state index is 1.13. The molecule has 0 amide bonds. The molecule has 0 atom stereocenters. The zero-order valence-corrected chi connectivity index (χ0v) is 29.4. The predicted octanol–water partition coefficient (Wildman–Crippen LogP) is 14.6. The maximum Gasteiger partial charge on any atom is 0.0542 e. The first-order valence-electron chi connectivity index (χ1n) is 18.2. The van der Waals surface area contributed by atoms with Crippen molar-refractivity contribution in [3.05, 3.63) is 182 Å². The predicted molar refractivity (Wildman–Crippen MR) is 228 cm³/mol. The number of benzene rings is 9. The van der Waals surface area contributed by atoms with Gasteiger partial charge in [0, 0.05) is 53.7 Å². The maximum atomic E-state index is 2.46. The lowest BCUT2D eigenvalue weighted by atomic mass is 9.96. The van der Waals surface area contributed by atoms with E-state index >= 15 is 0 Å². The van der Waals surface area contributed by atoms with Crippen molar-refractivity contribution in [3.8, 4) is 27.9 Å². The molecule has 0 saturated carbocycles. The summed E-state index contributed by atoms with van der Waals surface area (Å²) < 4.78 is 5.00. The molecule has 0 unspecified atom stereocenters. The van der Waals surface area contributed by atoms with E-state index in [0.29, 0.717) is 0 Å². The summed E-state index contributed by atoms with van der Waals surface area (Å²) >= 11 is 1.87. The molecule has 2 aromatic heterocycles. The molecule has 12 rings (SSSR count). The van der Waals surface area contributed by atoms with Crippen LogP contribution in [0.25, 0.3) is 91.5 Å². The fraction of sp³-hybridized carbons (Fsp3) is 0. The van der Waals surface area contributed by atoms with Crippen LogP contribution in [0.3, 0.4) is 0 Å². The maximum absolute atomic E-state index is 2.46. The number of rotatable bonds is 4. The minimum Gasteiger partial charge on any atom is -0.310 e. The molecular weight excluding hydrogens is 661 g/mol. The van der Waals surface area contributed by atoms with Gasteiger partial charge < -0.3 is 9.47 Å². The van der Waals surface area contributed by atoms with Crippen molar-refractivity contribution < 1.29 is 0 Å². The molecule has 0 saturated heterocycles. The Kier molecular flexibility index (Phi) is 5.96. The number of nitrogens with zero attached hydrogens (tertiary/aromatic N) is 2. The Balaban J connectivity index is 1.11. The van der Waals surface area contributed by atoms with Gasteiger partial charge in [0.25, 0.3) is 0 Å². The zero-order valence-electron chi connectivity index (χ0n) is 28.6. The molecular formula is C50H30N2S. The average molecular weight is 691 g/mol. The van der Waals surface area contributed by atoms with Crippen LogP contribution in [0.2, 0.25) is 0 Å². The molecule has 1 aliphatic rings. The molecule has 11 aromatic rings. The summed E-state index contributed by atoms with van der Waals surface area (Å²) in [4.78, 5) is 2.46. The highest BCUT2D eigenvalue weighted by Gasteiger charge is 2.26. The lowest BCUT2D eigenvalue weighted by molar-refractivity contribution is 1.18. The molecule has 0 spiro atoms. The fourth-order valence-electron chi connectivity index (χ4n) is 8.99. The average Bonchev–Trinajstić information content (AvgIpc) is 3.87. The molecule has 53 heavy (non-hydrogen) atoms. The molecule has 0 fully saturated rings. The highest BCUT2D eigenvalue weighted by molar-refractivity contribution is 7.25. The van der Waals surface area contributed by atoms with Gasteiger partial charge >= 0.3 is 0 Å². The third-order valence-corrected chi connectivity index (χ3v) is 12.4. The van der Waals surface area contributed by atoms with E-state index in [1.54, 1.807) is 0 Å². The third-order valence-electron chi connectivity index (χ3n) is 11.3. The van der Waals surface area contributed by atoms with Crippen LogP contribution in [-0.2, 0) is 0 Å². The van der Waals surface area contributed by atoms with Crippen LogP contribution in [0.4, 0.5) is 17.1 Å². The number of anilines is 3. The summed E-state index contributed by atoms with van der Waals surface area (Å²) in [6, 6.07) is 67.3. The van der Waals surface area contributed by atoms with E-state index in [2.05, 4.69) is 191 Å². The van der Waals surface area contributed by atoms with Crippen LogP contribution in [0.5, 0.6) is 0 Å². The first kappa shape index (κ1) is 29.0. The van der Waals surface area contributed by atoms with E-state index in [1.165, 1.54) is 91.5 Å². The highest BCUT2D eigenvalue weighted by Crippen LogP contribution is 2.52. The SMILES string of the molecule is c1ccc(-n2c3ccccc3c3cc(N(c4ccc5c(c4)-c4cccc6cc7ccccc7c-5c46)c4ccc5c(c4)sc4ccccc45)ccc32)cc1. The van der Waals surface area contributed by atoms with Crippen LogP contribution >= 0.6 is 11.3 Å². The van der Waals surface area contributed by atoms with Gasteiger partial charge in [-0.2, -0.15) is 0 Å². The smallest absolute Gasteiger partial charge is 0.0542 e. The Hall–Kier alpha value is -6.68. The minimum atomic E-state index is 1.13. The fourth-order valence-corrected chi connectivity index (χ4v) is 10.1. The van der Waals surface area contributed by atoms with E-state index in [-0.39, 0.29) is 0 Å². The van der Waals surface area contributed by atoms with Crippen molar-refractivity contribution >= 4 is 91.9 Å². The van der Waals surface area contributed by atoms with Gasteiger partial charge in [-0.15, -0.1) is 11.3 Å². The molecule has 0 bridgehead atoms. The molecule has 0 radical (unpaired) electrons. The van der Waals surface area contributed by atoms with Crippen molar-refractivity contribution in [1.82, 2.24) is 4.57 Å². The van der Waals surface area contributed by atoms with Crippen molar-refractivity contribution in [1.29, 1.82) is 0 Å². The van der Waals surface area contributed by atoms with E-state index < -0.39 is 0 Å². The van der Waals surface area contributed by atoms with Gasteiger partial charge in [0.1, 0.15) is 0 Å². The summed E-state index contributed by atoms with van der Waals surface area (Å²) in [6.45, 7) is 0. The second kappa shape index (κ2) is 10.9. The molecule has 3 heteroatoms. The first-order valence-corrected chi connectivity index (χ1v) is 19.0. The van der Waals surface area contributed by atoms with Gasteiger partial charge in [-0.3, -0.25) is 0 Å². The number of thiophene rings is 1. The standard InChI is InChI=1S/C50H30N2S/c1-2-13-33(14-3-1)52-45-19-8-6-16-38(45)44-29-35(23-26-46(44)52)51(36-21-24-40-39-17-7-9-20-47(39)53-48(40)30-36)34-22-25-42-43(28-34)41-18-10-12-32-27-31-11-4-5-15-37(31)50(42)49(32)41/h1-30H. The van der Waals surface area contributed by atoms with E-state index in [0.717, 1.165) is 17.1 Å². The normalized spacial score (nSPS) is 12.2. The summed E-state index contributed by atoms with van der Waals surface area (Å²) in [5, 5.41) is 10.3. The largest absolute Gasteiger partial charge is 0.310 e. The Bertz CT molecular complexity index is 3290. The first-order chi connectivity index (χ1) is 26.3. The lowest BCUT2D eigenvalue weighted by Crippen LogP contribution is -2.10. The summed E-state index contributed by atoms with van der Waals surface area (Å²) in [5.74, 6) is 0. The van der Waals surface area contributed by atoms with Crippen molar-refractivity contribution in [2.24, 2.45) is 0 Å². The summed E-state index contributed by atoms with van der Waals surface area (Å²) in [5.41, 5.74) is 12.2. The Morgan fingerprint density at radius 2 is 1.06 bits per heavy atom. The molecule has 246 valence electrons. The molecule has 9 aromatic carbocycles. The van der Waals surface area contributed by atoms with Gasteiger partial charge in [0.15, 0.2) is 0 Å². The monoisotopic (exact) mass is 690 g/mol. The summed E-state index contributed by atoms with van der Waals surface area (Å²) in [6.07, 6.45) is 0. The lowest BCUT2D eigenvalue weighted by Gasteiger charge is -2.26. The highest BCUT2D eigenvalue weighted by atomic mass is 32.1. The molecule has 2 nitrogen and oxygen atoms in total. The topological polar surface area (TPSA) is 8.17 Å². The van der Waals surface area contributed by atoms with Gasteiger partial charge in [-0.05, 0) is 117 Å². The Morgan fingerprint density at radius 3 is 1.98 bits per heavy atom. The number of hydrogen-bond donors (Lipinski definition) is 0. The quantitative estimate of drug-likeness (QED) is 0.167. The van der Waals surface area contributed by atoms with Crippen LogP contribution in [0.1, 0.15) is 0 Å². The number of fused-ring (bicyclic) bond motifs is 11. The van der Waals surface area contributed by atoms with Crippen LogP contribution in [0.15, 0.2) is 182 Å². The van der Waals surface area contributed by atoms with Gasteiger partial charge in [0.05, 0.1) is 11.0 Å². The van der Waals surface area contributed by atoms with E-state index in [4.69, 9.17) is 0 Å². The molecule has 2 heterocycles. The van der Waals surface area contributed by atoms with Crippen LogP contribution in [0, 0.1) is 0 Å². The van der Waals surface area contributed by atoms with Crippen molar-refractivity contribution in [3.63, 3.8) is 0 Å². The second-order valence-corrected chi connectivity index (χ2v) is 15.2. The zero-order chi connectivity index (χ0) is 34.6. The van der Waals surface area contributed by atoms with E-state index in [9.17, 15) is 0 Å². The van der Waals surface area contributed by atoms with Crippen molar-refractivity contribution in [2.45, 2.75) is 0 Å². The van der Waals surface area contributed by atoms with Gasteiger partial charge in [0.2, 0.25) is 0 Å². The Labute approximate surface area is 310 Å². The Morgan fingerprint density at radius 1 is 0.377 bits per heavy atom. The number of para-hydroxylation sites is 2. The molecule has 0 aliphatic heterocycles. The third kappa shape index (κ3) is 4.14. The van der Waals surface area contributed by atoms with E-state index in [1.807, 2.05) is 11.3 Å². The molecule has 1 aliphatic carbocycles. The number of hydrogen-bond acceptors (Lipinski definition) is 2. The summed E-state index contributed by atoms with van der Waals surface area (Å²) in [7, 11) is 0. The second-order valence-electron chi connectivity index (χ2n) is 14.1. The van der Waals surface area contributed by atoms with Crippen LogP contribution in [-0.4, -0.2) is 4.57 Å².